The summed E-state index contributed by atoms with van der Waals surface area (Å²) < 4.78 is 5.30. The number of hydroxylamine groups is 2. The molecule has 27 heavy (non-hydrogen) atoms. The van der Waals surface area contributed by atoms with Crippen LogP contribution in [0, 0.1) is 0 Å². The lowest BCUT2D eigenvalue weighted by molar-refractivity contribution is -0.197. The molecule has 0 saturated carbocycles. The monoisotopic (exact) mass is 383 g/mol. The summed E-state index contributed by atoms with van der Waals surface area (Å²) in [6.45, 7) is 6.74. The van der Waals surface area contributed by atoms with Gasteiger partial charge in [-0.1, -0.05) is 0 Å². The van der Waals surface area contributed by atoms with Gasteiger partial charge < -0.3 is 19.4 Å². The summed E-state index contributed by atoms with van der Waals surface area (Å²) >= 11 is 0. The second kappa shape index (κ2) is 8.36. The van der Waals surface area contributed by atoms with Crippen LogP contribution in [0.5, 0.6) is 0 Å². The third-order valence-corrected chi connectivity index (χ3v) is 4.03. The molecule has 2 heterocycles. The highest BCUT2D eigenvalue weighted by Crippen LogP contribution is 2.14. The van der Waals surface area contributed by atoms with E-state index in [1.165, 1.54) is 4.90 Å². The minimum absolute atomic E-state index is 0.0208. The van der Waals surface area contributed by atoms with Crippen molar-refractivity contribution < 1.29 is 33.5 Å². The molecule has 0 aliphatic carbocycles. The van der Waals surface area contributed by atoms with Crippen molar-refractivity contribution in [3.63, 3.8) is 0 Å². The molecule has 10 heteroatoms. The van der Waals surface area contributed by atoms with E-state index >= 15 is 0 Å². The first-order valence-corrected chi connectivity index (χ1v) is 8.89. The van der Waals surface area contributed by atoms with Gasteiger partial charge in [0.25, 0.3) is 11.8 Å². The van der Waals surface area contributed by atoms with Gasteiger partial charge in [-0.05, 0) is 20.8 Å². The molecule has 0 atom stereocenters. The van der Waals surface area contributed by atoms with Gasteiger partial charge in [-0.3, -0.25) is 14.4 Å². The zero-order valence-corrected chi connectivity index (χ0v) is 15.9. The topological polar surface area (TPSA) is 114 Å². The standard InChI is InChI=1S/C17H25N3O7/c1-17(2,3)26-16(25)19-10-8-18(9-11-19)12(21)6-7-15(24)27-20-13(22)4-5-14(20)23/h4-11H2,1-3H3. The average molecular weight is 383 g/mol. The number of carbonyl (C=O) groups is 5. The Morgan fingerprint density at radius 2 is 1.41 bits per heavy atom. The fourth-order valence-corrected chi connectivity index (χ4v) is 2.64. The lowest BCUT2D eigenvalue weighted by Crippen LogP contribution is -2.51. The fraction of sp³-hybridized carbons (Fsp3) is 0.706. The minimum atomic E-state index is -0.806. The number of nitrogens with zero attached hydrogens (tertiary/aromatic N) is 3. The Balaban J connectivity index is 1.71. The average Bonchev–Trinajstić information content (AvgIpc) is 2.90. The van der Waals surface area contributed by atoms with Gasteiger partial charge in [-0.25, -0.2) is 9.59 Å². The first-order chi connectivity index (χ1) is 12.6. The van der Waals surface area contributed by atoms with Crippen molar-refractivity contribution in [1.82, 2.24) is 14.9 Å². The molecule has 0 aromatic heterocycles. The van der Waals surface area contributed by atoms with Gasteiger partial charge in [0.05, 0.1) is 6.42 Å². The molecule has 0 bridgehead atoms. The van der Waals surface area contributed by atoms with Crippen LogP contribution in [0.1, 0.15) is 46.5 Å². The number of amides is 4. The summed E-state index contributed by atoms with van der Waals surface area (Å²) in [5, 5.41) is 0.465. The quantitative estimate of drug-likeness (QED) is 0.648. The van der Waals surface area contributed by atoms with E-state index in [-0.39, 0.29) is 31.6 Å². The predicted octanol–water partition coefficient (Wildman–Crippen LogP) is 0.453. The largest absolute Gasteiger partial charge is 0.444 e. The molecule has 10 nitrogen and oxygen atoms in total. The van der Waals surface area contributed by atoms with Gasteiger partial charge in [0.15, 0.2) is 0 Å². The molecule has 0 aromatic rings. The van der Waals surface area contributed by atoms with Crippen LogP contribution in [-0.2, 0) is 28.8 Å². The van der Waals surface area contributed by atoms with Crippen molar-refractivity contribution in [2.24, 2.45) is 0 Å². The summed E-state index contributed by atoms with van der Waals surface area (Å²) in [5.41, 5.74) is -0.581. The number of rotatable bonds is 4. The number of piperazine rings is 1. The molecule has 0 unspecified atom stereocenters. The smallest absolute Gasteiger partial charge is 0.410 e. The molecular weight excluding hydrogens is 358 g/mol. The number of carbonyl (C=O) groups excluding carboxylic acids is 5. The van der Waals surface area contributed by atoms with Crippen molar-refractivity contribution >= 4 is 29.8 Å². The van der Waals surface area contributed by atoms with E-state index in [9.17, 15) is 24.0 Å². The lowest BCUT2D eigenvalue weighted by atomic mass is 10.2. The Hall–Kier alpha value is -2.65. The first-order valence-electron chi connectivity index (χ1n) is 8.89. The molecule has 2 aliphatic rings. The van der Waals surface area contributed by atoms with Crippen LogP contribution in [0.4, 0.5) is 4.79 Å². The third-order valence-electron chi connectivity index (χ3n) is 4.03. The predicted molar refractivity (Wildman–Crippen MR) is 90.8 cm³/mol. The van der Waals surface area contributed by atoms with E-state index in [1.807, 2.05) is 0 Å². The van der Waals surface area contributed by atoms with Crippen molar-refractivity contribution in [1.29, 1.82) is 0 Å². The van der Waals surface area contributed by atoms with Gasteiger partial charge in [-0.2, -0.15) is 0 Å². The molecule has 0 spiro atoms. The zero-order valence-electron chi connectivity index (χ0n) is 15.9. The molecule has 4 amide bonds. The second-order valence-corrected chi connectivity index (χ2v) is 7.39. The van der Waals surface area contributed by atoms with Gasteiger partial charge in [0.1, 0.15) is 5.60 Å². The third kappa shape index (κ3) is 5.93. The zero-order chi connectivity index (χ0) is 20.2. The number of hydrogen-bond acceptors (Lipinski definition) is 7. The van der Waals surface area contributed by atoms with Crippen molar-refractivity contribution in [2.75, 3.05) is 26.2 Å². The van der Waals surface area contributed by atoms with E-state index in [4.69, 9.17) is 9.57 Å². The maximum absolute atomic E-state index is 12.2. The van der Waals surface area contributed by atoms with Gasteiger partial charge >= 0.3 is 12.1 Å². The van der Waals surface area contributed by atoms with Gasteiger partial charge in [0, 0.05) is 45.4 Å². The first kappa shape index (κ1) is 20.7. The Kier molecular flexibility index (Phi) is 6.40. The van der Waals surface area contributed by atoms with Gasteiger partial charge in [0.2, 0.25) is 5.91 Å². The van der Waals surface area contributed by atoms with Crippen LogP contribution < -0.4 is 0 Å². The van der Waals surface area contributed by atoms with E-state index in [0.29, 0.717) is 31.2 Å². The normalized spacial score (nSPS) is 18.0. The molecule has 0 aromatic carbocycles. The van der Waals surface area contributed by atoms with Gasteiger partial charge in [-0.15, -0.1) is 5.06 Å². The van der Waals surface area contributed by atoms with Crippen LogP contribution in [0.15, 0.2) is 0 Å². The molecule has 150 valence electrons. The highest BCUT2D eigenvalue weighted by atomic mass is 16.7. The maximum Gasteiger partial charge on any atom is 0.410 e. The SMILES string of the molecule is CC(C)(C)OC(=O)N1CCN(C(=O)CCC(=O)ON2C(=O)CCC2=O)CC1. The van der Waals surface area contributed by atoms with Crippen molar-refractivity contribution in [3.8, 4) is 0 Å². The summed E-state index contributed by atoms with van der Waals surface area (Å²) in [7, 11) is 0. The van der Waals surface area contributed by atoms with Crippen molar-refractivity contribution in [2.45, 2.75) is 52.1 Å². The summed E-state index contributed by atoms with van der Waals surface area (Å²) in [6.07, 6.45) is -0.706. The maximum atomic E-state index is 12.2. The Morgan fingerprint density at radius 1 is 0.889 bits per heavy atom. The van der Waals surface area contributed by atoms with Crippen molar-refractivity contribution in [3.05, 3.63) is 0 Å². The number of hydrogen-bond donors (Lipinski definition) is 0. The molecule has 2 rings (SSSR count). The fourth-order valence-electron chi connectivity index (χ4n) is 2.64. The van der Waals surface area contributed by atoms with Crippen LogP contribution in [0.2, 0.25) is 0 Å². The molecule has 2 saturated heterocycles. The summed E-state index contributed by atoms with van der Waals surface area (Å²) in [5.74, 6) is -2.18. The number of imide groups is 1. The Bertz CT molecular complexity index is 617. The van der Waals surface area contributed by atoms with Crippen LogP contribution in [0.25, 0.3) is 0 Å². The lowest BCUT2D eigenvalue weighted by Gasteiger charge is -2.35. The minimum Gasteiger partial charge on any atom is -0.444 e. The molecular formula is C17H25N3O7. The van der Waals surface area contributed by atoms with Crippen LogP contribution >= 0.6 is 0 Å². The molecule has 0 radical (unpaired) electrons. The highest BCUT2D eigenvalue weighted by Gasteiger charge is 2.33. The van der Waals surface area contributed by atoms with Crippen LogP contribution in [-0.4, -0.2) is 76.4 Å². The number of ether oxygens (including phenoxy) is 1. The molecule has 0 N–H and O–H groups in total. The second-order valence-electron chi connectivity index (χ2n) is 7.39. The highest BCUT2D eigenvalue weighted by molar-refractivity contribution is 6.01. The Morgan fingerprint density at radius 3 is 1.93 bits per heavy atom. The summed E-state index contributed by atoms with van der Waals surface area (Å²) in [6, 6.07) is 0. The van der Waals surface area contributed by atoms with E-state index in [0.717, 1.165) is 0 Å². The van der Waals surface area contributed by atoms with E-state index in [2.05, 4.69) is 0 Å². The van der Waals surface area contributed by atoms with E-state index in [1.54, 1.807) is 25.7 Å². The van der Waals surface area contributed by atoms with Crippen LogP contribution in [0.3, 0.4) is 0 Å². The Labute approximate surface area is 157 Å². The summed E-state index contributed by atoms with van der Waals surface area (Å²) in [4.78, 5) is 66.5. The van der Waals surface area contributed by atoms with E-state index < -0.39 is 29.5 Å². The molecule has 2 fully saturated rings. The molecule has 2 aliphatic heterocycles.